The molecule has 2 rings (SSSR count). The highest BCUT2D eigenvalue weighted by atomic mass is 15.0. The lowest BCUT2D eigenvalue weighted by Crippen LogP contribution is -2.17. The molecule has 0 radical (unpaired) electrons. The molecule has 1 saturated carbocycles. The minimum absolute atomic E-state index is 0.384. The molecule has 1 N–H and O–H groups in total. The largest absolute Gasteiger partial charge is 0.370 e. The van der Waals surface area contributed by atoms with E-state index in [1.54, 1.807) is 0 Å². The van der Waals surface area contributed by atoms with Gasteiger partial charge in [0.15, 0.2) is 0 Å². The summed E-state index contributed by atoms with van der Waals surface area (Å²) in [6, 6.07) is 2.05. The van der Waals surface area contributed by atoms with Gasteiger partial charge in [-0.3, -0.25) is 0 Å². The molecule has 1 fully saturated rings. The summed E-state index contributed by atoms with van der Waals surface area (Å²) in [5.41, 5.74) is 1.05. The van der Waals surface area contributed by atoms with E-state index < -0.39 is 0 Å². The van der Waals surface area contributed by atoms with Crippen molar-refractivity contribution in [2.75, 3.05) is 11.9 Å². The second-order valence-electron chi connectivity index (χ2n) is 6.76. The van der Waals surface area contributed by atoms with E-state index in [0.29, 0.717) is 5.92 Å². The highest BCUT2D eigenvalue weighted by Crippen LogP contribution is 2.30. The maximum atomic E-state index is 4.61. The molecule has 1 aliphatic carbocycles. The molecule has 0 bridgehead atoms. The van der Waals surface area contributed by atoms with Crippen LogP contribution in [-0.2, 0) is 0 Å². The van der Waals surface area contributed by atoms with Crippen LogP contribution in [0.3, 0.4) is 0 Å². The molecule has 1 aromatic rings. The van der Waals surface area contributed by atoms with E-state index in [4.69, 9.17) is 0 Å². The van der Waals surface area contributed by atoms with Crippen molar-refractivity contribution in [1.29, 1.82) is 0 Å². The van der Waals surface area contributed by atoms with Crippen molar-refractivity contribution in [3.63, 3.8) is 0 Å². The average molecular weight is 275 g/mol. The van der Waals surface area contributed by atoms with E-state index in [0.717, 1.165) is 35.7 Å². The summed E-state index contributed by atoms with van der Waals surface area (Å²) >= 11 is 0. The molecule has 1 heterocycles. The molecule has 0 aliphatic heterocycles. The number of nitrogens with one attached hydrogen (secondary N) is 1. The van der Waals surface area contributed by atoms with Crippen molar-refractivity contribution in [3.8, 4) is 0 Å². The molecular weight excluding hydrogens is 246 g/mol. The van der Waals surface area contributed by atoms with Crippen molar-refractivity contribution >= 4 is 5.82 Å². The van der Waals surface area contributed by atoms with Crippen LogP contribution in [0.5, 0.6) is 0 Å². The zero-order chi connectivity index (χ0) is 14.5. The van der Waals surface area contributed by atoms with Crippen LogP contribution in [0.1, 0.15) is 70.3 Å². The summed E-state index contributed by atoms with van der Waals surface area (Å²) < 4.78 is 0. The topological polar surface area (TPSA) is 37.8 Å². The average Bonchev–Trinajstić information content (AvgIpc) is 2.38. The first-order chi connectivity index (χ1) is 9.54. The first-order valence-electron chi connectivity index (χ1n) is 8.14. The van der Waals surface area contributed by atoms with Crippen LogP contribution in [0.4, 0.5) is 5.82 Å². The van der Waals surface area contributed by atoms with E-state index in [-0.39, 0.29) is 0 Å². The van der Waals surface area contributed by atoms with Crippen LogP contribution >= 0.6 is 0 Å². The molecule has 1 aliphatic rings. The summed E-state index contributed by atoms with van der Waals surface area (Å²) in [6.45, 7) is 9.75. The molecule has 0 aromatic carbocycles. The molecule has 0 saturated heterocycles. The molecule has 2 unspecified atom stereocenters. The minimum atomic E-state index is 0.384. The lowest BCUT2D eigenvalue weighted by Gasteiger charge is -2.26. The fourth-order valence-electron chi connectivity index (χ4n) is 3.17. The Hall–Kier alpha value is -1.12. The third-order valence-corrected chi connectivity index (χ3v) is 4.29. The summed E-state index contributed by atoms with van der Waals surface area (Å²) in [6.07, 6.45) is 6.92. The first-order valence-corrected chi connectivity index (χ1v) is 8.14. The van der Waals surface area contributed by atoms with Crippen molar-refractivity contribution < 1.29 is 0 Å². The molecule has 1 aromatic heterocycles. The molecule has 3 nitrogen and oxygen atoms in total. The number of aryl methyl sites for hydroxylation is 1. The van der Waals surface area contributed by atoms with Crippen LogP contribution in [0.25, 0.3) is 0 Å². The zero-order valence-electron chi connectivity index (χ0n) is 13.4. The summed E-state index contributed by atoms with van der Waals surface area (Å²) in [5.74, 6) is 4.14. The van der Waals surface area contributed by atoms with Crippen LogP contribution in [0.15, 0.2) is 6.07 Å². The van der Waals surface area contributed by atoms with Gasteiger partial charge in [0.25, 0.3) is 0 Å². The van der Waals surface area contributed by atoms with Gasteiger partial charge in [-0.05, 0) is 31.6 Å². The second kappa shape index (κ2) is 7.05. The van der Waals surface area contributed by atoms with Gasteiger partial charge in [-0.2, -0.15) is 0 Å². The minimum Gasteiger partial charge on any atom is -0.370 e. The van der Waals surface area contributed by atoms with Gasteiger partial charge in [-0.25, -0.2) is 9.97 Å². The van der Waals surface area contributed by atoms with Gasteiger partial charge >= 0.3 is 0 Å². The number of hydrogen-bond acceptors (Lipinski definition) is 3. The Kier molecular flexibility index (Phi) is 5.38. The normalized spacial score (nSPS) is 23.1. The van der Waals surface area contributed by atoms with Gasteiger partial charge in [0.1, 0.15) is 11.6 Å². The van der Waals surface area contributed by atoms with Crippen molar-refractivity contribution in [3.05, 3.63) is 17.6 Å². The fraction of sp³-hybridized carbons (Fsp3) is 0.765. The van der Waals surface area contributed by atoms with E-state index in [9.17, 15) is 0 Å². The van der Waals surface area contributed by atoms with Crippen LogP contribution < -0.4 is 5.32 Å². The van der Waals surface area contributed by atoms with Gasteiger partial charge in [0.2, 0.25) is 0 Å². The van der Waals surface area contributed by atoms with E-state index in [2.05, 4.69) is 42.1 Å². The SMILES string of the molecule is Cc1cc(NCCC2CCCC(C)C2)nc(C(C)C)n1. The Morgan fingerprint density at radius 1 is 1.30 bits per heavy atom. The van der Waals surface area contributed by atoms with Crippen LogP contribution in [0.2, 0.25) is 0 Å². The molecule has 20 heavy (non-hydrogen) atoms. The summed E-state index contributed by atoms with van der Waals surface area (Å²) in [4.78, 5) is 9.10. The Morgan fingerprint density at radius 3 is 2.80 bits per heavy atom. The number of hydrogen-bond donors (Lipinski definition) is 1. The lowest BCUT2D eigenvalue weighted by molar-refractivity contribution is 0.274. The first kappa shape index (κ1) is 15.3. The zero-order valence-corrected chi connectivity index (χ0v) is 13.4. The van der Waals surface area contributed by atoms with Crippen molar-refractivity contribution in [1.82, 2.24) is 9.97 Å². The van der Waals surface area contributed by atoms with E-state index >= 15 is 0 Å². The Labute approximate surface area is 123 Å². The maximum absolute atomic E-state index is 4.61. The van der Waals surface area contributed by atoms with Crippen molar-refractivity contribution in [2.45, 2.75) is 65.7 Å². The number of anilines is 1. The third kappa shape index (κ3) is 4.46. The Morgan fingerprint density at radius 2 is 2.10 bits per heavy atom. The van der Waals surface area contributed by atoms with Gasteiger partial charge in [-0.1, -0.05) is 40.0 Å². The van der Waals surface area contributed by atoms with Gasteiger partial charge < -0.3 is 5.32 Å². The fourth-order valence-corrected chi connectivity index (χ4v) is 3.17. The van der Waals surface area contributed by atoms with E-state index in [1.807, 2.05) is 6.92 Å². The predicted octanol–water partition coefficient (Wildman–Crippen LogP) is 4.54. The molecule has 3 heteroatoms. The monoisotopic (exact) mass is 275 g/mol. The highest BCUT2D eigenvalue weighted by Gasteiger charge is 2.18. The van der Waals surface area contributed by atoms with Gasteiger partial charge in [0, 0.05) is 24.2 Å². The highest BCUT2D eigenvalue weighted by molar-refractivity contribution is 5.36. The molecule has 0 amide bonds. The molecule has 0 spiro atoms. The summed E-state index contributed by atoms with van der Waals surface area (Å²) in [7, 11) is 0. The smallest absolute Gasteiger partial charge is 0.133 e. The van der Waals surface area contributed by atoms with Crippen LogP contribution in [-0.4, -0.2) is 16.5 Å². The standard InChI is InChI=1S/C17H29N3/c1-12(2)17-19-14(4)11-16(20-17)18-9-8-15-7-5-6-13(3)10-15/h11-13,15H,5-10H2,1-4H3,(H,18,19,20). The molecule has 112 valence electrons. The summed E-state index contributed by atoms with van der Waals surface area (Å²) in [5, 5.41) is 3.49. The number of aromatic nitrogens is 2. The maximum Gasteiger partial charge on any atom is 0.133 e. The third-order valence-electron chi connectivity index (χ3n) is 4.29. The quantitative estimate of drug-likeness (QED) is 0.857. The predicted molar refractivity (Wildman–Crippen MR) is 85.1 cm³/mol. The Bertz CT molecular complexity index is 428. The molecule has 2 atom stereocenters. The lowest BCUT2D eigenvalue weighted by atomic mass is 9.81. The molecular formula is C17H29N3. The van der Waals surface area contributed by atoms with Gasteiger partial charge in [-0.15, -0.1) is 0 Å². The Balaban J connectivity index is 1.84. The number of rotatable bonds is 5. The van der Waals surface area contributed by atoms with Crippen molar-refractivity contribution in [2.24, 2.45) is 11.8 Å². The van der Waals surface area contributed by atoms with E-state index in [1.165, 1.54) is 32.1 Å². The number of nitrogens with zero attached hydrogens (tertiary/aromatic N) is 2. The second-order valence-corrected chi connectivity index (χ2v) is 6.76. The van der Waals surface area contributed by atoms with Gasteiger partial charge in [0.05, 0.1) is 0 Å². The van der Waals surface area contributed by atoms with Crippen LogP contribution in [0, 0.1) is 18.8 Å².